The minimum absolute atomic E-state index is 0. The highest BCUT2D eigenvalue weighted by atomic mass is 35.5. The van der Waals surface area contributed by atoms with E-state index in [2.05, 4.69) is 16.0 Å². The van der Waals surface area contributed by atoms with E-state index in [0.29, 0.717) is 11.8 Å². The zero-order chi connectivity index (χ0) is 17.6. The zero-order valence-electron chi connectivity index (χ0n) is 15.1. The average molecular weight is 382 g/mol. The number of halogens is 1. The molecule has 144 valence electrons. The molecule has 2 unspecified atom stereocenters. The molecule has 2 amide bonds. The molecule has 0 aromatic heterocycles. The average Bonchev–Trinajstić information content (AvgIpc) is 3.45. The monoisotopic (exact) mass is 381 g/mol. The van der Waals surface area contributed by atoms with Gasteiger partial charge in [0.05, 0.1) is 12.1 Å². The normalized spacial score (nSPS) is 20.4. The van der Waals surface area contributed by atoms with Gasteiger partial charge in [-0.1, -0.05) is 18.6 Å². The molecule has 1 saturated heterocycles. The Hall–Kier alpha value is -1.79. The second-order valence-corrected chi connectivity index (χ2v) is 6.93. The second kappa shape index (κ2) is 9.78. The maximum absolute atomic E-state index is 12.3. The summed E-state index contributed by atoms with van der Waals surface area (Å²) in [6.45, 7) is 2.92. The number of nitrogens with one attached hydrogen (secondary N) is 3. The van der Waals surface area contributed by atoms with E-state index in [-0.39, 0.29) is 42.9 Å². The van der Waals surface area contributed by atoms with Gasteiger partial charge in [0.25, 0.3) is 5.91 Å². The summed E-state index contributed by atoms with van der Waals surface area (Å²) in [6.07, 6.45) is 5.27. The molecule has 6 nitrogen and oxygen atoms in total. The first-order valence-electron chi connectivity index (χ1n) is 9.17. The van der Waals surface area contributed by atoms with E-state index in [0.717, 1.165) is 44.2 Å². The lowest BCUT2D eigenvalue weighted by atomic mass is 10.0. The second-order valence-electron chi connectivity index (χ2n) is 6.93. The highest BCUT2D eigenvalue weighted by Crippen LogP contribution is 2.20. The summed E-state index contributed by atoms with van der Waals surface area (Å²) in [5.41, 5.74) is 1.01. The van der Waals surface area contributed by atoms with Crippen LogP contribution in [0.15, 0.2) is 24.3 Å². The Bertz CT molecular complexity index is 599. The molecular formula is C19H28ClN3O3. The van der Waals surface area contributed by atoms with Crippen LogP contribution in [0.25, 0.3) is 0 Å². The van der Waals surface area contributed by atoms with Gasteiger partial charge in [0.2, 0.25) is 5.91 Å². The van der Waals surface area contributed by atoms with Crippen molar-refractivity contribution in [1.82, 2.24) is 16.0 Å². The number of rotatable bonds is 7. The van der Waals surface area contributed by atoms with Gasteiger partial charge in [0.15, 0.2) is 6.61 Å². The van der Waals surface area contributed by atoms with E-state index < -0.39 is 0 Å². The van der Waals surface area contributed by atoms with Crippen LogP contribution in [-0.4, -0.2) is 37.0 Å². The molecule has 7 heteroatoms. The van der Waals surface area contributed by atoms with E-state index >= 15 is 0 Å². The molecule has 1 aromatic carbocycles. The number of carbonyl (C=O) groups excluding carboxylic acids is 2. The van der Waals surface area contributed by atoms with E-state index in [1.807, 2.05) is 31.2 Å². The molecule has 2 atom stereocenters. The number of hydrogen-bond donors (Lipinski definition) is 3. The number of piperidine rings is 1. The molecule has 2 aliphatic rings. The van der Waals surface area contributed by atoms with Crippen LogP contribution in [0.1, 0.15) is 50.6 Å². The highest BCUT2D eigenvalue weighted by Gasteiger charge is 2.23. The topological polar surface area (TPSA) is 79.5 Å². The molecule has 1 saturated carbocycles. The summed E-state index contributed by atoms with van der Waals surface area (Å²) < 4.78 is 5.50. The van der Waals surface area contributed by atoms with E-state index in [9.17, 15) is 9.59 Å². The van der Waals surface area contributed by atoms with Crippen LogP contribution in [0.3, 0.4) is 0 Å². The Labute approximate surface area is 160 Å². The van der Waals surface area contributed by atoms with Crippen LogP contribution in [0.4, 0.5) is 0 Å². The van der Waals surface area contributed by atoms with Crippen LogP contribution in [0, 0.1) is 0 Å². The number of ether oxygens (including phenoxy) is 1. The smallest absolute Gasteiger partial charge is 0.258 e. The summed E-state index contributed by atoms with van der Waals surface area (Å²) in [7, 11) is 0. The van der Waals surface area contributed by atoms with E-state index in [4.69, 9.17) is 4.74 Å². The molecule has 0 bridgehead atoms. The third kappa shape index (κ3) is 6.18. The summed E-state index contributed by atoms with van der Waals surface area (Å²) in [5, 5.41) is 9.21. The molecule has 0 radical (unpaired) electrons. The van der Waals surface area contributed by atoms with Gasteiger partial charge in [-0.05, 0) is 56.8 Å². The molecule has 3 N–H and O–H groups in total. The third-order valence-corrected chi connectivity index (χ3v) is 4.68. The number of benzene rings is 1. The Morgan fingerprint density at radius 1 is 1.19 bits per heavy atom. The number of amides is 2. The summed E-state index contributed by atoms with van der Waals surface area (Å²) in [6, 6.07) is 7.72. The maximum atomic E-state index is 12.3. The van der Waals surface area contributed by atoms with Gasteiger partial charge in [-0.2, -0.15) is 0 Å². The molecule has 1 aromatic rings. The van der Waals surface area contributed by atoms with Crippen molar-refractivity contribution < 1.29 is 14.3 Å². The van der Waals surface area contributed by atoms with Crippen molar-refractivity contribution in [1.29, 1.82) is 0 Å². The van der Waals surface area contributed by atoms with Crippen molar-refractivity contribution in [3.8, 4) is 5.75 Å². The molecular weight excluding hydrogens is 354 g/mol. The minimum Gasteiger partial charge on any atom is -0.484 e. The highest BCUT2D eigenvalue weighted by molar-refractivity contribution is 5.85. The minimum atomic E-state index is -0.0798. The molecule has 3 rings (SSSR count). The molecule has 0 spiro atoms. The zero-order valence-corrected chi connectivity index (χ0v) is 15.9. The quantitative estimate of drug-likeness (QED) is 0.675. The lowest BCUT2D eigenvalue weighted by Gasteiger charge is -2.24. The van der Waals surface area contributed by atoms with Crippen molar-refractivity contribution in [2.75, 3.05) is 13.2 Å². The van der Waals surface area contributed by atoms with Crippen molar-refractivity contribution in [2.24, 2.45) is 0 Å². The summed E-state index contributed by atoms with van der Waals surface area (Å²) >= 11 is 0. The number of hydrogen-bond acceptors (Lipinski definition) is 4. The maximum Gasteiger partial charge on any atom is 0.258 e. The summed E-state index contributed by atoms with van der Waals surface area (Å²) in [4.78, 5) is 23.9. The van der Waals surface area contributed by atoms with Gasteiger partial charge in [0, 0.05) is 6.04 Å². The van der Waals surface area contributed by atoms with E-state index in [1.165, 1.54) is 0 Å². The molecule has 1 heterocycles. The van der Waals surface area contributed by atoms with Gasteiger partial charge >= 0.3 is 0 Å². The third-order valence-electron chi connectivity index (χ3n) is 4.68. The fourth-order valence-electron chi connectivity index (χ4n) is 2.97. The predicted molar refractivity (Wildman–Crippen MR) is 103 cm³/mol. The van der Waals surface area contributed by atoms with Crippen molar-refractivity contribution in [3.63, 3.8) is 0 Å². The van der Waals surface area contributed by atoms with Gasteiger partial charge < -0.3 is 20.7 Å². The first-order chi connectivity index (χ1) is 12.1. The molecule has 26 heavy (non-hydrogen) atoms. The standard InChI is InChI=1S/C19H27N3O3.ClH/c1-13(21-19(24)17-4-2-3-11-20-17)14-5-9-16(10-6-14)25-12-18(23)22-15-7-8-15;/h5-6,9-10,13,15,17,20H,2-4,7-8,11-12H2,1H3,(H,21,24)(H,22,23);1H. The fraction of sp³-hybridized carbons (Fsp3) is 0.579. The summed E-state index contributed by atoms with van der Waals surface area (Å²) in [5.74, 6) is 0.638. The predicted octanol–water partition coefficient (Wildman–Crippen LogP) is 2.09. The van der Waals surface area contributed by atoms with Gasteiger partial charge in [-0.25, -0.2) is 0 Å². The Balaban J connectivity index is 0.00000243. The van der Waals surface area contributed by atoms with Gasteiger partial charge in [0.1, 0.15) is 5.75 Å². The van der Waals surface area contributed by atoms with Crippen molar-refractivity contribution >= 4 is 24.2 Å². The van der Waals surface area contributed by atoms with Gasteiger partial charge in [-0.15, -0.1) is 12.4 Å². The first-order valence-corrected chi connectivity index (χ1v) is 9.17. The number of carbonyl (C=O) groups is 2. The van der Waals surface area contributed by atoms with Crippen LogP contribution in [0.2, 0.25) is 0 Å². The fourth-order valence-corrected chi connectivity index (χ4v) is 2.97. The molecule has 2 fully saturated rings. The molecule has 1 aliphatic heterocycles. The van der Waals surface area contributed by atoms with Crippen molar-refractivity contribution in [3.05, 3.63) is 29.8 Å². The first kappa shape index (κ1) is 20.5. The largest absolute Gasteiger partial charge is 0.484 e. The SMILES string of the molecule is CC(NC(=O)C1CCCCN1)c1ccc(OCC(=O)NC2CC2)cc1.Cl. The van der Waals surface area contributed by atoms with Gasteiger partial charge in [-0.3, -0.25) is 9.59 Å². The van der Waals surface area contributed by atoms with Crippen LogP contribution < -0.4 is 20.7 Å². The lowest BCUT2D eigenvalue weighted by Crippen LogP contribution is -2.47. The lowest BCUT2D eigenvalue weighted by molar-refractivity contribution is -0.124. The molecule has 1 aliphatic carbocycles. The Kier molecular flexibility index (Phi) is 7.72. The van der Waals surface area contributed by atoms with Crippen LogP contribution >= 0.6 is 12.4 Å². The Morgan fingerprint density at radius 3 is 2.54 bits per heavy atom. The van der Waals surface area contributed by atoms with Crippen molar-refractivity contribution in [2.45, 2.75) is 57.2 Å². The van der Waals surface area contributed by atoms with Crippen LogP contribution in [0.5, 0.6) is 5.75 Å². The Morgan fingerprint density at radius 2 is 1.92 bits per heavy atom. The van der Waals surface area contributed by atoms with Crippen LogP contribution in [-0.2, 0) is 9.59 Å². The van der Waals surface area contributed by atoms with E-state index in [1.54, 1.807) is 0 Å².